The van der Waals surface area contributed by atoms with Gasteiger partial charge >= 0.3 is 0 Å². The van der Waals surface area contributed by atoms with Crippen LogP contribution in [-0.4, -0.2) is 55.5 Å². The van der Waals surface area contributed by atoms with E-state index in [0.29, 0.717) is 31.1 Å². The zero-order chi connectivity index (χ0) is 23.6. The molecular weight excluding hydrogens is 404 g/mol. The second-order valence-corrected chi connectivity index (χ2v) is 13.2. The van der Waals surface area contributed by atoms with E-state index in [4.69, 9.17) is 0 Å². The lowest BCUT2D eigenvalue weighted by atomic mass is 9.42. The van der Waals surface area contributed by atoms with Gasteiger partial charge < -0.3 is 25.5 Å². The van der Waals surface area contributed by atoms with Crippen LogP contribution >= 0.6 is 0 Å². The van der Waals surface area contributed by atoms with Crippen LogP contribution in [0.25, 0.3) is 0 Å². The summed E-state index contributed by atoms with van der Waals surface area (Å²) >= 11 is 0. The summed E-state index contributed by atoms with van der Waals surface area (Å²) in [6.07, 6.45) is 4.97. The van der Waals surface area contributed by atoms with Crippen molar-refractivity contribution in [2.45, 2.75) is 122 Å². The van der Waals surface area contributed by atoms with Gasteiger partial charge in [0.25, 0.3) is 0 Å². The lowest BCUT2D eigenvalue weighted by Gasteiger charge is -2.66. The maximum absolute atomic E-state index is 12.3. The maximum atomic E-state index is 12.3. The van der Waals surface area contributed by atoms with Crippen LogP contribution in [0.3, 0.4) is 0 Å². The monoisotopic (exact) mass is 452 g/mol. The normalized spacial score (nSPS) is 52.8. The minimum atomic E-state index is -1.06. The molecule has 0 saturated heterocycles. The van der Waals surface area contributed by atoms with E-state index in [9.17, 15) is 25.5 Å². The van der Waals surface area contributed by atoms with Gasteiger partial charge in [-0.2, -0.15) is 0 Å². The summed E-state index contributed by atoms with van der Waals surface area (Å²) in [7, 11) is 0. The van der Waals surface area contributed by atoms with Crippen molar-refractivity contribution in [3.63, 3.8) is 0 Å². The zero-order valence-corrected chi connectivity index (χ0v) is 20.9. The Hall–Kier alpha value is -0.200. The van der Waals surface area contributed by atoms with Gasteiger partial charge in [-0.3, -0.25) is 0 Å². The number of hydrogen-bond acceptors (Lipinski definition) is 5. The Kier molecular flexibility index (Phi) is 6.60. The molecule has 12 atom stereocenters. The van der Waals surface area contributed by atoms with Crippen molar-refractivity contribution in [2.75, 3.05) is 0 Å². The second-order valence-electron chi connectivity index (χ2n) is 13.2. The summed E-state index contributed by atoms with van der Waals surface area (Å²) in [5.41, 5.74) is -1.42. The Balaban J connectivity index is 1.59. The smallest absolute Gasteiger partial charge is 0.0763 e. The van der Waals surface area contributed by atoms with Gasteiger partial charge in [0.05, 0.1) is 30.0 Å². The van der Waals surface area contributed by atoms with E-state index in [2.05, 4.69) is 34.6 Å². The molecule has 4 aliphatic rings. The quantitative estimate of drug-likeness (QED) is 0.440. The molecule has 3 unspecified atom stereocenters. The molecule has 0 radical (unpaired) electrons. The van der Waals surface area contributed by atoms with E-state index >= 15 is 0 Å². The minimum absolute atomic E-state index is 0.0201. The fourth-order valence-corrected chi connectivity index (χ4v) is 9.37. The molecular formula is C27H48O5. The molecule has 4 aliphatic carbocycles. The maximum Gasteiger partial charge on any atom is 0.0763 e. The SMILES string of the molecule is CC(C)[C@@H](O)CC[C@@H](C)C1C[C@H](O)C2[C@]1(C)CCC1[C@@]2(O)C[C@@H](O)[C@H]2C[C@@H](O)CC[C@]12C. The highest BCUT2D eigenvalue weighted by Gasteiger charge is 2.70. The second kappa shape index (κ2) is 8.48. The molecule has 4 saturated carbocycles. The third kappa shape index (κ3) is 3.69. The van der Waals surface area contributed by atoms with E-state index < -0.39 is 17.8 Å². The summed E-state index contributed by atoms with van der Waals surface area (Å²) in [6.45, 7) is 10.8. The van der Waals surface area contributed by atoms with Crippen LogP contribution < -0.4 is 0 Å². The van der Waals surface area contributed by atoms with Gasteiger partial charge in [-0.25, -0.2) is 0 Å². The van der Waals surface area contributed by atoms with Crippen molar-refractivity contribution in [2.24, 2.45) is 46.3 Å². The summed E-state index contributed by atoms with van der Waals surface area (Å²) in [4.78, 5) is 0. The molecule has 4 rings (SSSR count). The summed E-state index contributed by atoms with van der Waals surface area (Å²) in [5.74, 6) is 0.780. The van der Waals surface area contributed by atoms with Gasteiger partial charge in [0.2, 0.25) is 0 Å². The summed E-state index contributed by atoms with van der Waals surface area (Å²) in [5, 5.41) is 55.4. The van der Waals surface area contributed by atoms with Gasteiger partial charge in [-0.05, 0) is 91.8 Å². The molecule has 0 heterocycles. The average Bonchev–Trinajstić information content (AvgIpc) is 2.98. The fraction of sp³-hybridized carbons (Fsp3) is 1.00. The molecule has 0 bridgehead atoms. The molecule has 5 N–H and O–H groups in total. The van der Waals surface area contributed by atoms with E-state index in [1.807, 2.05) is 0 Å². The standard InChI is InChI=1S/C27H48O5/c1-15(2)20(29)7-6-16(3)18-13-21(30)24-26(18,5)11-9-23-25(4)10-8-17(28)12-19(25)22(31)14-27(23,24)32/h15-24,28-32H,6-14H2,1-5H3/t16-,17+,18?,19-,20+,21+,22-,23?,24?,25+,26-,27+/m1/s1. The van der Waals surface area contributed by atoms with Crippen molar-refractivity contribution in [3.05, 3.63) is 0 Å². The van der Waals surface area contributed by atoms with E-state index in [0.717, 1.165) is 38.5 Å². The van der Waals surface area contributed by atoms with Crippen LogP contribution in [0.1, 0.15) is 92.4 Å². The van der Waals surface area contributed by atoms with Gasteiger partial charge in [0.15, 0.2) is 0 Å². The first-order chi connectivity index (χ1) is 14.8. The molecule has 5 nitrogen and oxygen atoms in total. The third-order valence-electron chi connectivity index (χ3n) is 11.1. The molecule has 0 aromatic heterocycles. The predicted molar refractivity (Wildman–Crippen MR) is 125 cm³/mol. The highest BCUT2D eigenvalue weighted by atomic mass is 16.3. The molecule has 0 aliphatic heterocycles. The van der Waals surface area contributed by atoms with Gasteiger partial charge in [-0.1, -0.05) is 34.6 Å². The van der Waals surface area contributed by atoms with Crippen molar-refractivity contribution in [3.8, 4) is 0 Å². The van der Waals surface area contributed by atoms with Gasteiger partial charge in [0.1, 0.15) is 0 Å². The topological polar surface area (TPSA) is 101 Å². The Morgan fingerprint density at radius 3 is 2.19 bits per heavy atom. The Bertz CT molecular complexity index is 683. The van der Waals surface area contributed by atoms with Gasteiger partial charge in [0, 0.05) is 12.3 Å². The van der Waals surface area contributed by atoms with Crippen molar-refractivity contribution >= 4 is 0 Å². The first-order valence-corrected chi connectivity index (χ1v) is 13.3. The average molecular weight is 453 g/mol. The lowest BCUT2D eigenvalue weighted by Crippen LogP contribution is -2.68. The minimum Gasteiger partial charge on any atom is -0.393 e. The molecule has 5 heteroatoms. The number of aliphatic hydroxyl groups is 5. The molecule has 0 aromatic rings. The van der Waals surface area contributed by atoms with E-state index in [1.165, 1.54) is 0 Å². The third-order valence-corrected chi connectivity index (χ3v) is 11.1. The van der Waals surface area contributed by atoms with Crippen LogP contribution in [-0.2, 0) is 0 Å². The lowest BCUT2D eigenvalue weighted by molar-refractivity contribution is -0.263. The van der Waals surface area contributed by atoms with Crippen molar-refractivity contribution < 1.29 is 25.5 Å². The molecule has 186 valence electrons. The van der Waals surface area contributed by atoms with Crippen LogP contribution in [0.15, 0.2) is 0 Å². The van der Waals surface area contributed by atoms with Crippen LogP contribution in [0.4, 0.5) is 0 Å². The van der Waals surface area contributed by atoms with Crippen molar-refractivity contribution in [1.82, 2.24) is 0 Å². The molecule has 32 heavy (non-hydrogen) atoms. The highest BCUT2D eigenvalue weighted by molar-refractivity contribution is 5.20. The Morgan fingerprint density at radius 1 is 0.875 bits per heavy atom. The molecule has 4 fully saturated rings. The number of hydrogen-bond donors (Lipinski definition) is 5. The molecule has 0 spiro atoms. The Labute approximate surface area is 194 Å². The number of fused-ring (bicyclic) bond motifs is 5. The number of aliphatic hydroxyl groups excluding tert-OH is 4. The largest absolute Gasteiger partial charge is 0.393 e. The van der Waals surface area contributed by atoms with Crippen LogP contribution in [0.2, 0.25) is 0 Å². The van der Waals surface area contributed by atoms with E-state index in [1.54, 1.807) is 0 Å². The number of rotatable bonds is 5. The van der Waals surface area contributed by atoms with Crippen LogP contribution in [0, 0.1) is 46.3 Å². The first kappa shape index (κ1) is 24.9. The fourth-order valence-electron chi connectivity index (χ4n) is 9.37. The first-order valence-electron chi connectivity index (χ1n) is 13.3. The summed E-state index contributed by atoms with van der Waals surface area (Å²) in [6, 6.07) is 0. The van der Waals surface area contributed by atoms with E-state index in [-0.39, 0.29) is 46.7 Å². The Morgan fingerprint density at radius 2 is 1.53 bits per heavy atom. The molecule has 0 amide bonds. The van der Waals surface area contributed by atoms with Crippen LogP contribution in [0.5, 0.6) is 0 Å². The van der Waals surface area contributed by atoms with Crippen molar-refractivity contribution in [1.29, 1.82) is 0 Å². The highest BCUT2D eigenvalue weighted by Crippen LogP contribution is 2.69. The van der Waals surface area contributed by atoms with Gasteiger partial charge in [-0.15, -0.1) is 0 Å². The predicted octanol–water partition coefficient (Wildman–Crippen LogP) is 3.50. The zero-order valence-electron chi connectivity index (χ0n) is 20.9. The summed E-state index contributed by atoms with van der Waals surface area (Å²) < 4.78 is 0. The molecule has 0 aromatic carbocycles.